The number of benzene rings is 2. The number of rotatable bonds is 58. The third-order valence-corrected chi connectivity index (χ3v) is 23.1. The molecule has 4 aromatic rings. The molecule has 3 aliphatic heterocycles. The van der Waals surface area contributed by atoms with E-state index in [9.17, 15) is 63.9 Å². The number of furan rings is 1. The van der Waals surface area contributed by atoms with E-state index >= 15 is 0 Å². The van der Waals surface area contributed by atoms with Gasteiger partial charge in [0.25, 0.3) is 0 Å². The third-order valence-electron chi connectivity index (χ3n) is 23.1. The Bertz CT molecular complexity index is 3850. The Balaban J connectivity index is 0.823. The molecule has 0 saturated carbocycles. The topological polar surface area (TPSA) is 441 Å². The molecule has 36 nitrogen and oxygen atoms in total. The average molecular weight is 1740 g/mol. The lowest BCUT2D eigenvalue weighted by molar-refractivity contribution is -0.277. The fourth-order valence-corrected chi connectivity index (χ4v) is 15.9. The van der Waals surface area contributed by atoms with E-state index in [1.165, 1.54) is 43.2 Å². The molecule has 36 heteroatoms. The van der Waals surface area contributed by atoms with Crippen molar-refractivity contribution in [1.82, 2.24) is 50.5 Å². The van der Waals surface area contributed by atoms with Crippen LogP contribution in [0, 0.1) is 35.5 Å². The predicted octanol–water partition coefficient (Wildman–Crippen LogP) is 4.66. The first-order valence-corrected chi connectivity index (χ1v) is 43.4. The molecule has 2 unspecified atom stereocenters. The second-order valence-corrected chi connectivity index (χ2v) is 32.5. The molecule has 0 spiro atoms. The van der Waals surface area contributed by atoms with E-state index < -0.39 is 128 Å². The fraction of sp³-hybridized carbons (Fsp3) is 0.724. The maximum atomic E-state index is 15.0. The Morgan fingerprint density at radius 2 is 1.36 bits per heavy atom. The number of nitrogens with zero attached hydrogens (tertiary/aromatic N) is 7. The molecule has 17 atom stereocenters. The number of hydrogen-bond donors (Lipinski definition) is 8. The number of likely N-dealkylation sites (N-methyl/N-ethyl adjacent to an activating group) is 2. The zero-order valence-corrected chi connectivity index (χ0v) is 74.3. The molecule has 8 N–H and O–H groups in total. The van der Waals surface area contributed by atoms with Gasteiger partial charge in [0.2, 0.25) is 47.6 Å². The number of imide groups is 1. The van der Waals surface area contributed by atoms with Crippen LogP contribution in [0.1, 0.15) is 156 Å². The van der Waals surface area contributed by atoms with Gasteiger partial charge >= 0.3 is 6.09 Å². The highest BCUT2D eigenvalue weighted by atomic mass is 16.7. The molecule has 7 rings (SSSR count). The van der Waals surface area contributed by atoms with Crippen molar-refractivity contribution < 1.29 is 125 Å². The Kier molecular flexibility index (Phi) is 43.9. The van der Waals surface area contributed by atoms with Gasteiger partial charge in [0, 0.05) is 66.2 Å². The lowest BCUT2D eigenvalue weighted by atomic mass is 9.85. The van der Waals surface area contributed by atoms with Crippen LogP contribution in [-0.4, -0.2) is 321 Å². The molecule has 3 saturated heterocycles. The minimum absolute atomic E-state index is 0.0321. The van der Waals surface area contributed by atoms with Crippen LogP contribution in [0.25, 0.3) is 11.0 Å². The van der Waals surface area contributed by atoms with Gasteiger partial charge in [-0.25, -0.2) is 9.48 Å². The molecule has 123 heavy (non-hydrogen) atoms. The van der Waals surface area contributed by atoms with E-state index in [0.29, 0.717) is 114 Å². The summed E-state index contributed by atoms with van der Waals surface area (Å²) in [5.41, 5.74) is 1.78. The van der Waals surface area contributed by atoms with E-state index in [2.05, 4.69) is 40.1 Å². The summed E-state index contributed by atoms with van der Waals surface area (Å²) in [6, 6.07) is 9.61. The number of amides is 8. The molecule has 8 amide bonds. The van der Waals surface area contributed by atoms with Gasteiger partial charge in [0.05, 0.1) is 178 Å². The molecule has 692 valence electrons. The fourth-order valence-electron chi connectivity index (χ4n) is 15.9. The lowest BCUT2D eigenvalue weighted by Crippen LogP contribution is -2.60. The van der Waals surface area contributed by atoms with Gasteiger partial charge in [-0.05, 0) is 73.6 Å². The molecule has 2 aromatic heterocycles. The Morgan fingerprint density at radius 3 is 1.97 bits per heavy atom. The van der Waals surface area contributed by atoms with Crippen LogP contribution < -0.4 is 20.7 Å². The maximum absolute atomic E-state index is 15.0. The number of carbonyl (C=O) groups excluding carboxylic acids is 8. The zero-order valence-electron chi connectivity index (χ0n) is 74.3. The first-order valence-electron chi connectivity index (χ1n) is 43.4. The summed E-state index contributed by atoms with van der Waals surface area (Å²) < 4.78 is 77.2. The second-order valence-electron chi connectivity index (χ2n) is 32.5. The summed E-state index contributed by atoms with van der Waals surface area (Å²) in [6.07, 6.45) is -4.74. The Hall–Kier alpha value is -7.92. The van der Waals surface area contributed by atoms with Crippen molar-refractivity contribution in [2.24, 2.45) is 35.5 Å². The average Bonchev–Trinajstić information content (AvgIpc) is 1.32. The van der Waals surface area contributed by atoms with Gasteiger partial charge in [-0.2, -0.15) is 0 Å². The molecule has 0 radical (unpaired) electrons. The number of carbonyl (C=O) groups is 8. The summed E-state index contributed by atoms with van der Waals surface area (Å²) >= 11 is 0. The van der Waals surface area contributed by atoms with E-state index in [4.69, 9.17) is 61.3 Å². The van der Waals surface area contributed by atoms with Gasteiger partial charge in [-0.1, -0.05) is 117 Å². The van der Waals surface area contributed by atoms with Crippen LogP contribution in [-0.2, 0) is 112 Å². The number of ether oxygens (including phenoxy) is 12. The molecular weight excluding hydrogens is 1600 g/mol. The van der Waals surface area contributed by atoms with Crippen molar-refractivity contribution >= 4 is 58.4 Å². The molecular formula is C87H138N10O26. The van der Waals surface area contributed by atoms with Crippen molar-refractivity contribution in [1.29, 1.82) is 0 Å². The van der Waals surface area contributed by atoms with Crippen molar-refractivity contribution in [2.75, 3.05) is 140 Å². The molecule has 0 bridgehead atoms. The Morgan fingerprint density at radius 1 is 0.715 bits per heavy atom. The van der Waals surface area contributed by atoms with Crippen molar-refractivity contribution in [2.45, 2.75) is 232 Å². The number of nitrogens with one attached hydrogen (secondary N) is 3. The summed E-state index contributed by atoms with van der Waals surface area (Å²) in [6.45, 7) is 23.3. The van der Waals surface area contributed by atoms with Gasteiger partial charge in [-0.3, -0.25) is 43.4 Å². The van der Waals surface area contributed by atoms with Crippen molar-refractivity contribution in [3.63, 3.8) is 0 Å². The van der Waals surface area contributed by atoms with E-state index in [0.717, 1.165) is 24.2 Å². The first-order chi connectivity index (χ1) is 59.0. The van der Waals surface area contributed by atoms with Gasteiger partial charge in [0.15, 0.2) is 0 Å². The van der Waals surface area contributed by atoms with Crippen LogP contribution >= 0.6 is 0 Å². The SMILES string of the molecule is CCCC(CC)C1CC(=O)N(CCOCCOCCOCCOCc2cn(CCOCCOCCOCCNC(=O)CCc3cc4c(O[C@@H]5O[C@H](CO)[C@H](O)[C@H](O)[C@H]5O)ccc(COC(=O)N(C)[C@H](C(=O)N[C@H](C(=O)N(C)[C@@H]([C@@H](C)CC)[C@@H](CC(=O)N5CCC[C@H]5[C@H](OC)[C@@H](C)C(=O)N[C@H](C)[C@@H](O)c5ccccc5)OC)C(C)C)C(C)C)c4o3)nn2)C1=O. The zero-order chi connectivity index (χ0) is 89.8. The highest BCUT2D eigenvalue weighted by molar-refractivity contribution is 6.03. The minimum atomic E-state index is -1.76. The summed E-state index contributed by atoms with van der Waals surface area (Å²) in [5.74, 6) is -3.71. The lowest BCUT2D eigenvalue weighted by Gasteiger charge is -2.41. The Labute approximate surface area is 722 Å². The quantitative estimate of drug-likeness (QED) is 0.0220. The van der Waals surface area contributed by atoms with E-state index in [-0.39, 0.29) is 136 Å². The normalized spacial score (nSPS) is 20.6. The maximum Gasteiger partial charge on any atom is 0.410 e. The van der Waals surface area contributed by atoms with Crippen LogP contribution in [0.2, 0.25) is 0 Å². The first kappa shape index (κ1) is 102. The molecule has 3 aliphatic rings. The molecule has 3 fully saturated rings. The van der Waals surface area contributed by atoms with Gasteiger partial charge < -0.3 is 113 Å². The smallest absolute Gasteiger partial charge is 0.410 e. The standard InChI is InChI=1S/C87H138N10O26/c1-15-22-59(17-3)64-48-71(100)97(84(64)108)33-36-115-39-42-117-43-44-118-45-46-119-53-62-50-95(92-91-62)32-35-114-38-41-116-40-37-113-34-30-88-70(99)29-27-63-47-65-67(122-86-79(105)78(104)77(103)69(51-98)123-86)28-26-61(81(65)121-63)52-120-87(110)94(12)74(55(6)7)83(107)90-73(54(4)5)85(109)93(11)75(56(8)16-2)68(111-13)49-72(101)96-31-21-25-66(96)80(112-14)57(9)82(106)89-58(10)76(102)60-23-19-18-20-24-60/h18-20,23-24,26,28,47,50,54-59,64,66,68-69,73-80,86,98,102-105H,15-17,21-22,25,27,29-46,48-49,51-53H2,1-14H3,(H,88,99)(H,89,106)(H,90,107)/t56-,57+,58+,59?,64?,66-,68+,69+,73-,74-,75-,76+,77-,78-,79+,80+,86+/m0/s1. The monoisotopic (exact) mass is 1740 g/mol. The number of aryl methyl sites for hydroxylation is 1. The van der Waals surface area contributed by atoms with Crippen molar-refractivity contribution in [3.8, 4) is 5.75 Å². The van der Waals surface area contributed by atoms with Crippen molar-refractivity contribution in [3.05, 3.63) is 77.3 Å². The predicted molar refractivity (Wildman–Crippen MR) is 449 cm³/mol. The number of aliphatic hydroxyl groups is 5. The van der Waals surface area contributed by atoms with Crippen LogP contribution in [0.4, 0.5) is 4.79 Å². The van der Waals surface area contributed by atoms with Gasteiger partial charge in [-0.15, -0.1) is 5.10 Å². The number of hydrogen-bond acceptors (Lipinski definition) is 28. The number of fused-ring (bicyclic) bond motifs is 1. The minimum Gasteiger partial charge on any atom is -0.461 e. The largest absolute Gasteiger partial charge is 0.461 e. The van der Waals surface area contributed by atoms with E-state index in [1.54, 1.807) is 82.6 Å². The summed E-state index contributed by atoms with van der Waals surface area (Å²) in [4.78, 5) is 117. The van der Waals surface area contributed by atoms with Crippen LogP contribution in [0.15, 0.2) is 59.1 Å². The highest BCUT2D eigenvalue weighted by Crippen LogP contribution is 2.37. The number of aliphatic hydroxyl groups excluding tert-OH is 5. The van der Waals surface area contributed by atoms with Crippen LogP contribution in [0.3, 0.4) is 0 Å². The van der Waals surface area contributed by atoms with E-state index in [1.807, 2.05) is 32.0 Å². The summed E-state index contributed by atoms with van der Waals surface area (Å²) in [5, 5.41) is 70.3. The highest BCUT2D eigenvalue weighted by Gasteiger charge is 2.48. The molecule has 5 heterocycles. The third kappa shape index (κ3) is 30.1. The molecule has 2 aromatic carbocycles. The van der Waals surface area contributed by atoms with Crippen LogP contribution in [0.5, 0.6) is 5.75 Å². The number of likely N-dealkylation sites (tertiary alicyclic amines) is 2. The molecule has 0 aliphatic carbocycles. The number of aromatic nitrogens is 3. The second kappa shape index (κ2) is 52.9. The summed E-state index contributed by atoms with van der Waals surface area (Å²) in [7, 11) is 6.03. The van der Waals surface area contributed by atoms with Gasteiger partial charge in [0.1, 0.15) is 65.9 Å². The number of methoxy groups -OCH3 is 2.